The van der Waals surface area contributed by atoms with Crippen LogP contribution in [-0.2, 0) is 22.7 Å². The Kier molecular flexibility index (Phi) is 6.20. The zero-order valence-corrected chi connectivity index (χ0v) is 17.3. The summed E-state index contributed by atoms with van der Waals surface area (Å²) in [6, 6.07) is 6.88. The van der Waals surface area contributed by atoms with E-state index in [0.29, 0.717) is 12.2 Å². The third kappa shape index (κ3) is 5.09. The van der Waals surface area contributed by atoms with Crippen molar-refractivity contribution in [2.45, 2.75) is 37.2 Å². The third-order valence-corrected chi connectivity index (χ3v) is 7.50. The molecule has 0 fully saturated rings. The van der Waals surface area contributed by atoms with Gasteiger partial charge in [-0.05, 0) is 36.6 Å². The van der Waals surface area contributed by atoms with E-state index in [-0.39, 0.29) is 33.9 Å². The van der Waals surface area contributed by atoms with Crippen LogP contribution in [0.2, 0.25) is 0 Å². The van der Waals surface area contributed by atoms with E-state index in [1.54, 1.807) is 12.1 Å². The van der Waals surface area contributed by atoms with Crippen LogP contribution >= 0.6 is 11.3 Å². The molecular formula is C18H19F3N2O4S2. The lowest BCUT2D eigenvalue weighted by Gasteiger charge is -2.21. The largest absolute Gasteiger partial charge is 0.468 e. The fourth-order valence-corrected chi connectivity index (χ4v) is 5.34. The van der Waals surface area contributed by atoms with Crippen molar-refractivity contribution in [2.24, 2.45) is 5.92 Å². The Morgan fingerprint density at radius 3 is 2.59 bits per heavy atom. The summed E-state index contributed by atoms with van der Waals surface area (Å²) in [4.78, 5) is 0.244. The molecule has 0 saturated carbocycles. The maximum absolute atomic E-state index is 13.1. The highest BCUT2D eigenvalue weighted by Crippen LogP contribution is 2.36. The number of nitrogens with zero attached hydrogens (tertiary/aromatic N) is 2. The minimum atomic E-state index is -4.63. The number of aromatic nitrogens is 1. The van der Waals surface area contributed by atoms with Crippen LogP contribution in [0.3, 0.4) is 0 Å². The lowest BCUT2D eigenvalue weighted by molar-refractivity contribution is -0.142. The molecule has 0 atom stereocenters. The molecule has 0 spiro atoms. The third-order valence-electron chi connectivity index (χ3n) is 4.09. The average Bonchev–Trinajstić information content (AvgIpc) is 3.38. The topological polar surface area (TPSA) is 76.6 Å². The van der Waals surface area contributed by atoms with Gasteiger partial charge in [0.25, 0.3) is 10.0 Å². The molecule has 0 N–H and O–H groups in total. The van der Waals surface area contributed by atoms with E-state index in [1.807, 2.05) is 13.8 Å². The number of hydrogen-bond acceptors (Lipinski definition) is 6. The van der Waals surface area contributed by atoms with E-state index in [1.165, 1.54) is 22.7 Å². The molecule has 0 aliphatic rings. The van der Waals surface area contributed by atoms with Gasteiger partial charge in [0, 0.05) is 12.6 Å². The molecule has 3 heterocycles. The van der Waals surface area contributed by atoms with Gasteiger partial charge < -0.3 is 8.94 Å². The first-order valence-electron chi connectivity index (χ1n) is 8.74. The summed E-state index contributed by atoms with van der Waals surface area (Å²) in [5.41, 5.74) is -1.17. The normalized spacial score (nSPS) is 12.9. The van der Waals surface area contributed by atoms with Crippen LogP contribution in [0.5, 0.6) is 0 Å². The molecule has 0 aliphatic heterocycles. The van der Waals surface area contributed by atoms with Gasteiger partial charge in [0.15, 0.2) is 11.5 Å². The van der Waals surface area contributed by atoms with Crippen LogP contribution in [0, 0.1) is 5.92 Å². The van der Waals surface area contributed by atoms with E-state index >= 15 is 0 Å². The smallest absolute Gasteiger partial charge is 0.436 e. The van der Waals surface area contributed by atoms with Crippen LogP contribution in [0.1, 0.15) is 31.7 Å². The van der Waals surface area contributed by atoms with E-state index in [0.717, 1.165) is 17.4 Å². The molecule has 158 valence electrons. The van der Waals surface area contributed by atoms with Crippen molar-refractivity contribution in [1.82, 2.24) is 9.46 Å². The lowest BCUT2D eigenvalue weighted by Crippen LogP contribution is -2.31. The Labute approximate surface area is 170 Å². The first-order valence-corrected chi connectivity index (χ1v) is 11.0. The van der Waals surface area contributed by atoms with Crippen molar-refractivity contribution in [1.29, 1.82) is 0 Å². The minimum absolute atomic E-state index is 0.00720. The summed E-state index contributed by atoms with van der Waals surface area (Å²) in [5.74, 6) is 0.654. The Morgan fingerprint density at radius 1 is 1.24 bits per heavy atom. The molecule has 11 heteroatoms. The van der Waals surface area contributed by atoms with Gasteiger partial charge in [0.2, 0.25) is 0 Å². The molecule has 0 aliphatic carbocycles. The maximum Gasteiger partial charge on any atom is 0.436 e. The minimum Gasteiger partial charge on any atom is -0.468 e. The zero-order chi connectivity index (χ0) is 21.2. The summed E-state index contributed by atoms with van der Waals surface area (Å²) < 4.78 is 75.8. The predicted octanol–water partition coefficient (Wildman–Crippen LogP) is 5.25. The second-order valence-corrected chi connectivity index (χ2v) is 10.0. The Bertz CT molecular complexity index is 1040. The molecule has 0 radical (unpaired) electrons. The van der Waals surface area contributed by atoms with E-state index in [2.05, 4.69) is 5.16 Å². The second-order valence-electron chi connectivity index (χ2n) is 6.79. The molecule has 3 aromatic heterocycles. The van der Waals surface area contributed by atoms with Gasteiger partial charge in [-0.2, -0.15) is 17.5 Å². The van der Waals surface area contributed by atoms with Gasteiger partial charge in [-0.15, -0.1) is 11.3 Å². The van der Waals surface area contributed by atoms with Crippen molar-refractivity contribution in [2.75, 3.05) is 6.54 Å². The molecule has 29 heavy (non-hydrogen) atoms. The number of hydrogen-bond donors (Lipinski definition) is 0. The highest BCUT2D eigenvalue weighted by atomic mass is 32.2. The summed E-state index contributed by atoms with van der Waals surface area (Å²) >= 11 is 0.831. The number of furan rings is 1. The summed E-state index contributed by atoms with van der Waals surface area (Å²) in [7, 11) is -3.87. The van der Waals surface area contributed by atoms with Crippen molar-refractivity contribution >= 4 is 21.4 Å². The Hall–Kier alpha value is -2.11. The Morgan fingerprint density at radius 2 is 2.00 bits per heavy atom. The first-order chi connectivity index (χ1) is 13.6. The van der Waals surface area contributed by atoms with Crippen LogP contribution in [0.15, 0.2) is 49.7 Å². The van der Waals surface area contributed by atoms with Gasteiger partial charge >= 0.3 is 6.18 Å². The quantitative estimate of drug-likeness (QED) is 0.470. The SMILES string of the molecule is CC(C)CCN(Cc1ccco1)S(=O)(=O)c1ccc(-c2cc(C(F)(F)F)no2)s1. The molecule has 6 nitrogen and oxygen atoms in total. The number of halogens is 3. The molecule has 3 aromatic rings. The highest BCUT2D eigenvalue weighted by Gasteiger charge is 2.35. The number of thiophene rings is 1. The summed E-state index contributed by atoms with van der Waals surface area (Å²) in [6.45, 7) is 4.33. The van der Waals surface area contributed by atoms with Crippen LogP contribution in [0.4, 0.5) is 13.2 Å². The van der Waals surface area contributed by atoms with Crippen LogP contribution in [-0.4, -0.2) is 24.4 Å². The van der Waals surface area contributed by atoms with Gasteiger partial charge in [-0.3, -0.25) is 0 Å². The summed E-state index contributed by atoms with van der Waals surface area (Å²) in [6.07, 6.45) is -2.52. The number of alkyl halides is 3. The van der Waals surface area contributed by atoms with Crippen LogP contribution < -0.4 is 0 Å². The van der Waals surface area contributed by atoms with Gasteiger partial charge in [0.1, 0.15) is 9.97 Å². The highest BCUT2D eigenvalue weighted by molar-refractivity contribution is 7.91. The molecule has 3 rings (SSSR count). The molecule has 0 unspecified atom stereocenters. The van der Waals surface area contributed by atoms with Gasteiger partial charge in [-0.1, -0.05) is 19.0 Å². The standard InChI is InChI=1S/C18H19F3N2O4S2/c1-12(2)7-8-23(11-13-4-3-9-26-13)29(24,25)17-6-5-15(28-17)14-10-16(22-27-14)18(19,20)21/h3-6,9-10,12H,7-8,11H2,1-2H3. The maximum atomic E-state index is 13.1. The molecule has 0 saturated heterocycles. The molecule has 0 bridgehead atoms. The van der Waals surface area contributed by atoms with Gasteiger partial charge in [0.05, 0.1) is 17.7 Å². The number of sulfonamides is 1. The van der Waals surface area contributed by atoms with Crippen LogP contribution in [0.25, 0.3) is 10.6 Å². The summed E-state index contributed by atoms with van der Waals surface area (Å²) in [5, 5.41) is 3.00. The average molecular weight is 448 g/mol. The number of rotatable bonds is 8. The van der Waals surface area contributed by atoms with Crippen molar-refractivity contribution in [3.05, 3.63) is 48.0 Å². The van der Waals surface area contributed by atoms with E-state index in [4.69, 9.17) is 8.94 Å². The zero-order valence-electron chi connectivity index (χ0n) is 15.6. The van der Waals surface area contributed by atoms with E-state index in [9.17, 15) is 21.6 Å². The van der Waals surface area contributed by atoms with E-state index < -0.39 is 21.9 Å². The van der Waals surface area contributed by atoms with Gasteiger partial charge in [-0.25, -0.2) is 8.42 Å². The van der Waals surface area contributed by atoms with Crippen molar-refractivity contribution in [3.8, 4) is 10.6 Å². The second kappa shape index (κ2) is 8.33. The fraction of sp³-hybridized carbons (Fsp3) is 0.389. The fourth-order valence-electron chi connectivity index (χ4n) is 2.51. The first kappa shape index (κ1) is 21.6. The molecular weight excluding hydrogens is 429 g/mol. The lowest BCUT2D eigenvalue weighted by atomic mass is 10.1. The molecule has 0 amide bonds. The Balaban J connectivity index is 1.87. The van der Waals surface area contributed by atoms with Crippen molar-refractivity contribution in [3.63, 3.8) is 0 Å². The predicted molar refractivity (Wildman–Crippen MR) is 101 cm³/mol. The monoisotopic (exact) mass is 448 g/mol. The molecule has 0 aromatic carbocycles. The van der Waals surface area contributed by atoms with Crippen molar-refractivity contribution < 1.29 is 30.5 Å².